The van der Waals surface area contributed by atoms with E-state index >= 15 is 0 Å². The third-order valence-corrected chi connectivity index (χ3v) is 4.22. The lowest BCUT2D eigenvalue weighted by atomic mass is 10.1. The van der Waals surface area contributed by atoms with Crippen molar-refractivity contribution in [3.8, 4) is 0 Å². The lowest BCUT2D eigenvalue weighted by molar-refractivity contribution is 0.170. The van der Waals surface area contributed by atoms with E-state index in [4.69, 9.17) is 0 Å². The van der Waals surface area contributed by atoms with Gasteiger partial charge < -0.3 is 15.7 Å². The van der Waals surface area contributed by atoms with E-state index < -0.39 is 6.10 Å². The van der Waals surface area contributed by atoms with Crippen LogP contribution in [0.3, 0.4) is 0 Å². The van der Waals surface area contributed by atoms with Crippen molar-refractivity contribution in [1.29, 1.82) is 0 Å². The fraction of sp³-hybridized carbons (Fsp3) is 0.588. The summed E-state index contributed by atoms with van der Waals surface area (Å²) < 4.78 is 0. The molecule has 2 unspecified atom stereocenters. The van der Waals surface area contributed by atoms with E-state index in [1.54, 1.807) is 0 Å². The van der Waals surface area contributed by atoms with Crippen molar-refractivity contribution in [1.82, 2.24) is 15.5 Å². The predicted molar refractivity (Wildman–Crippen MR) is 87.8 cm³/mol. The zero-order valence-corrected chi connectivity index (χ0v) is 13.3. The number of amides is 2. The first-order valence-corrected chi connectivity index (χ1v) is 8.16. The highest BCUT2D eigenvalue weighted by Crippen LogP contribution is 2.15. The third kappa shape index (κ3) is 5.31. The van der Waals surface area contributed by atoms with Crippen LogP contribution in [0.5, 0.6) is 0 Å². The van der Waals surface area contributed by atoms with Crippen LogP contribution in [0.25, 0.3) is 0 Å². The topological polar surface area (TPSA) is 64.6 Å². The van der Waals surface area contributed by atoms with Gasteiger partial charge in [0.05, 0.1) is 6.10 Å². The van der Waals surface area contributed by atoms with Gasteiger partial charge in [0.25, 0.3) is 0 Å². The highest BCUT2D eigenvalue weighted by atomic mass is 16.3. The van der Waals surface area contributed by atoms with Crippen molar-refractivity contribution < 1.29 is 9.90 Å². The van der Waals surface area contributed by atoms with Crippen molar-refractivity contribution >= 4 is 6.03 Å². The molecule has 3 N–H and O–H groups in total. The van der Waals surface area contributed by atoms with E-state index in [2.05, 4.69) is 22.5 Å². The summed E-state index contributed by atoms with van der Waals surface area (Å²) in [6, 6.07) is 10.0. The molecule has 0 bridgehead atoms. The summed E-state index contributed by atoms with van der Waals surface area (Å²) in [6.07, 6.45) is 2.34. The minimum atomic E-state index is -0.563. The van der Waals surface area contributed by atoms with Crippen molar-refractivity contribution in [2.75, 3.05) is 26.2 Å². The number of hydrogen-bond acceptors (Lipinski definition) is 3. The van der Waals surface area contributed by atoms with Crippen molar-refractivity contribution in [2.45, 2.75) is 38.3 Å². The van der Waals surface area contributed by atoms with Crippen LogP contribution in [0, 0.1) is 0 Å². The molecule has 5 nitrogen and oxygen atoms in total. The second-order valence-corrected chi connectivity index (χ2v) is 5.86. The van der Waals surface area contributed by atoms with E-state index in [9.17, 15) is 9.90 Å². The molecule has 0 aromatic heterocycles. The largest absolute Gasteiger partial charge is 0.391 e. The Morgan fingerprint density at radius 2 is 2.14 bits per heavy atom. The molecule has 0 spiro atoms. The molecule has 1 fully saturated rings. The molecule has 2 atom stereocenters. The number of aliphatic hydroxyl groups is 1. The molecule has 22 heavy (non-hydrogen) atoms. The molecule has 1 aliphatic rings. The first kappa shape index (κ1) is 16.8. The highest BCUT2D eigenvalue weighted by molar-refractivity contribution is 5.73. The lowest BCUT2D eigenvalue weighted by Gasteiger charge is -2.23. The van der Waals surface area contributed by atoms with Gasteiger partial charge in [0.2, 0.25) is 0 Å². The number of urea groups is 1. The standard InChI is InChI=1S/C17H27N3O2/c1-2-20-10-6-9-15(20)12-18-17(22)19-13-16(21)11-14-7-4-3-5-8-14/h3-5,7-8,15-16,21H,2,6,9-13H2,1H3,(H2,18,19,22). The van der Waals surface area contributed by atoms with Crippen LogP contribution in [-0.2, 0) is 6.42 Å². The van der Waals surface area contributed by atoms with Gasteiger partial charge in [-0.05, 0) is 31.5 Å². The molecule has 2 rings (SSSR count). The zero-order chi connectivity index (χ0) is 15.8. The molecule has 1 aliphatic heterocycles. The molecule has 2 amide bonds. The number of benzene rings is 1. The maximum Gasteiger partial charge on any atom is 0.314 e. The number of hydrogen-bond donors (Lipinski definition) is 3. The van der Waals surface area contributed by atoms with Crippen LogP contribution < -0.4 is 10.6 Å². The number of likely N-dealkylation sites (N-methyl/N-ethyl adjacent to an activating group) is 1. The fourth-order valence-corrected chi connectivity index (χ4v) is 2.98. The maximum absolute atomic E-state index is 11.8. The van der Waals surface area contributed by atoms with Gasteiger partial charge in [-0.1, -0.05) is 37.3 Å². The molecule has 0 aliphatic carbocycles. The Morgan fingerprint density at radius 1 is 1.36 bits per heavy atom. The second-order valence-electron chi connectivity index (χ2n) is 5.86. The smallest absolute Gasteiger partial charge is 0.314 e. The highest BCUT2D eigenvalue weighted by Gasteiger charge is 2.23. The molecular formula is C17H27N3O2. The summed E-state index contributed by atoms with van der Waals surface area (Å²) >= 11 is 0. The fourth-order valence-electron chi connectivity index (χ4n) is 2.98. The molecule has 1 saturated heterocycles. The summed E-state index contributed by atoms with van der Waals surface area (Å²) in [7, 11) is 0. The van der Waals surface area contributed by atoms with E-state index in [0.29, 0.717) is 19.0 Å². The number of aliphatic hydroxyl groups excluding tert-OH is 1. The number of rotatable bonds is 7. The number of likely N-dealkylation sites (tertiary alicyclic amines) is 1. The lowest BCUT2D eigenvalue weighted by Crippen LogP contribution is -2.45. The molecule has 5 heteroatoms. The Morgan fingerprint density at radius 3 is 2.86 bits per heavy atom. The Kier molecular flexibility index (Phi) is 6.68. The van der Waals surface area contributed by atoms with E-state index in [-0.39, 0.29) is 12.6 Å². The summed E-state index contributed by atoms with van der Waals surface area (Å²) in [5, 5.41) is 15.6. The number of carbonyl (C=O) groups excluding carboxylic acids is 1. The average molecular weight is 305 g/mol. The third-order valence-electron chi connectivity index (χ3n) is 4.22. The molecule has 0 radical (unpaired) electrons. The summed E-state index contributed by atoms with van der Waals surface area (Å²) in [5.41, 5.74) is 1.07. The predicted octanol–water partition coefficient (Wildman–Crippen LogP) is 1.37. The maximum atomic E-state index is 11.8. The van der Waals surface area contributed by atoms with Crippen LogP contribution in [0.1, 0.15) is 25.3 Å². The average Bonchev–Trinajstić information content (AvgIpc) is 2.99. The van der Waals surface area contributed by atoms with Gasteiger partial charge in [0.15, 0.2) is 0 Å². The number of carbonyl (C=O) groups is 1. The Bertz CT molecular complexity index is 452. The van der Waals surface area contributed by atoms with Gasteiger partial charge in [-0.3, -0.25) is 4.90 Å². The van der Waals surface area contributed by atoms with E-state index in [1.165, 1.54) is 6.42 Å². The van der Waals surface area contributed by atoms with Crippen LogP contribution in [0.15, 0.2) is 30.3 Å². The Balaban J connectivity index is 1.63. The first-order chi connectivity index (χ1) is 10.7. The normalized spacial score (nSPS) is 19.8. The summed E-state index contributed by atoms with van der Waals surface area (Å²) in [5.74, 6) is 0. The van der Waals surface area contributed by atoms with E-state index in [1.807, 2.05) is 30.3 Å². The number of nitrogens with zero attached hydrogens (tertiary/aromatic N) is 1. The van der Waals surface area contributed by atoms with Gasteiger partial charge in [0.1, 0.15) is 0 Å². The number of nitrogens with one attached hydrogen (secondary N) is 2. The SMILES string of the molecule is CCN1CCCC1CNC(=O)NCC(O)Cc1ccccc1. The van der Waals surface area contributed by atoms with Gasteiger partial charge in [-0.15, -0.1) is 0 Å². The van der Waals surface area contributed by atoms with Crippen LogP contribution in [0.2, 0.25) is 0 Å². The summed E-state index contributed by atoms with van der Waals surface area (Å²) in [6.45, 7) is 5.25. The first-order valence-electron chi connectivity index (χ1n) is 8.16. The van der Waals surface area contributed by atoms with Gasteiger partial charge in [-0.25, -0.2) is 4.79 Å². The van der Waals surface area contributed by atoms with Crippen molar-refractivity contribution in [3.05, 3.63) is 35.9 Å². The molecular weight excluding hydrogens is 278 g/mol. The second kappa shape index (κ2) is 8.76. The monoisotopic (exact) mass is 305 g/mol. The molecule has 0 saturated carbocycles. The minimum absolute atomic E-state index is 0.199. The van der Waals surface area contributed by atoms with Crippen molar-refractivity contribution in [3.63, 3.8) is 0 Å². The van der Waals surface area contributed by atoms with Gasteiger partial charge >= 0.3 is 6.03 Å². The van der Waals surface area contributed by atoms with Crippen LogP contribution in [-0.4, -0.2) is 54.4 Å². The Hall–Kier alpha value is -1.59. The molecule has 1 aromatic carbocycles. The van der Waals surface area contributed by atoms with Gasteiger partial charge in [0, 0.05) is 25.6 Å². The van der Waals surface area contributed by atoms with Crippen LogP contribution >= 0.6 is 0 Å². The molecule has 1 aromatic rings. The zero-order valence-electron chi connectivity index (χ0n) is 13.3. The van der Waals surface area contributed by atoms with E-state index in [0.717, 1.165) is 25.1 Å². The minimum Gasteiger partial charge on any atom is -0.391 e. The molecule has 122 valence electrons. The van der Waals surface area contributed by atoms with Crippen molar-refractivity contribution in [2.24, 2.45) is 0 Å². The Labute approximate surface area is 132 Å². The molecule has 1 heterocycles. The van der Waals surface area contributed by atoms with Crippen LogP contribution in [0.4, 0.5) is 4.79 Å². The quantitative estimate of drug-likeness (QED) is 0.713. The summed E-state index contributed by atoms with van der Waals surface area (Å²) in [4.78, 5) is 14.2. The van der Waals surface area contributed by atoms with Gasteiger partial charge in [-0.2, -0.15) is 0 Å².